The van der Waals surface area contributed by atoms with E-state index in [1.807, 2.05) is 0 Å². The molecular formula is C23H27F. The number of hydrogen-bond donors (Lipinski definition) is 0. The van der Waals surface area contributed by atoms with Crippen LogP contribution in [0.15, 0.2) is 60.9 Å². The minimum absolute atomic E-state index is 0.671. The fourth-order valence-corrected chi connectivity index (χ4v) is 3.86. The summed E-state index contributed by atoms with van der Waals surface area (Å²) in [6, 6.07) is 18.0. The number of aryl methyl sites for hydroxylation is 1. The Labute approximate surface area is 145 Å². The highest BCUT2D eigenvalue weighted by atomic mass is 19.1. The van der Waals surface area contributed by atoms with Crippen LogP contribution in [0.5, 0.6) is 0 Å². The summed E-state index contributed by atoms with van der Waals surface area (Å²) >= 11 is 0. The summed E-state index contributed by atoms with van der Waals surface area (Å²) in [5.41, 5.74) is 5.43. The first kappa shape index (κ1) is 17.0. The van der Waals surface area contributed by atoms with Crippen molar-refractivity contribution >= 4 is 0 Å². The number of allylic oxidation sites excluding steroid dienone is 1. The standard InChI is InChI=1S/C23H27F/c1-2-18-5-9-20(10-6-18)22-13-15-23(16-14-22)21-11-7-19(8-12-21)4-3-17-24/h3,5-6,9-10,13-17,19,21H,2,4,7-8,11-12H2,1H3/b17-3+. The van der Waals surface area contributed by atoms with Crippen molar-refractivity contribution in [2.45, 2.75) is 51.4 Å². The molecule has 1 fully saturated rings. The van der Waals surface area contributed by atoms with Crippen molar-refractivity contribution in [3.05, 3.63) is 72.1 Å². The quantitative estimate of drug-likeness (QED) is 0.552. The molecule has 0 bridgehead atoms. The Kier molecular flexibility index (Phi) is 5.85. The molecule has 0 heterocycles. The first-order valence-electron chi connectivity index (χ1n) is 9.24. The molecule has 24 heavy (non-hydrogen) atoms. The second-order valence-electron chi connectivity index (χ2n) is 6.99. The lowest BCUT2D eigenvalue weighted by Crippen LogP contribution is -2.12. The highest BCUT2D eigenvalue weighted by Gasteiger charge is 2.21. The lowest BCUT2D eigenvalue weighted by molar-refractivity contribution is 0.327. The zero-order chi connectivity index (χ0) is 16.8. The minimum Gasteiger partial charge on any atom is -0.216 e. The molecule has 0 saturated heterocycles. The Hall–Kier alpha value is -1.89. The summed E-state index contributed by atoms with van der Waals surface area (Å²) < 4.78 is 12.1. The van der Waals surface area contributed by atoms with Crippen LogP contribution in [-0.4, -0.2) is 0 Å². The van der Waals surface area contributed by atoms with Crippen LogP contribution in [0.3, 0.4) is 0 Å². The number of rotatable bonds is 5. The van der Waals surface area contributed by atoms with E-state index in [0.29, 0.717) is 18.2 Å². The molecule has 1 saturated carbocycles. The van der Waals surface area contributed by atoms with Crippen molar-refractivity contribution in [3.8, 4) is 11.1 Å². The van der Waals surface area contributed by atoms with Gasteiger partial charge in [0.1, 0.15) is 0 Å². The fraction of sp³-hybridized carbons (Fsp3) is 0.391. The van der Waals surface area contributed by atoms with Gasteiger partial charge < -0.3 is 0 Å². The summed E-state index contributed by atoms with van der Waals surface area (Å²) in [5.74, 6) is 1.34. The average Bonchev–Trinajstić information content (AvgIpc) is 2.67. The molecule has 0 aromatic heterocycles. The van der Waals surface area contributed by atoms with Crippen molar-refractivity contribution in [2.24, 2.45) is 5.92 Å². The van der Waals surface area contributed by atoms with Crippen LogP contribution in [0.25, 0.3) is 11.1 Å². The largest absolute Gasteiger partial charge is 0.216 e. The molecule has 0 atom stereocenters. The van der Waals surface area contributed by atoms with E-state index in [1.165, 1.54) is 47.9 Å². The lowest BCUT2D eigenvalue weighted by Gasteiger charge is -2.28. The van der Waals surface area contributed by atoms with Gasteiger partial charge in [-0.1, -0.05) is 61.5 Å². The summed E-state index contributed by atoms with van der Waals surface area (Å²) in [6.45, 7) is 2.19. The maximum absolute atomic E-state index is 12.1. The molecule has 0 unspecified atom stereocenters. The molecule has 2 aromatic carbocycles. The van der Waals surface area contributed by atoms with Gasteiger partial charge in [-0.2, -0.15) is 0 Å². The second kappa shape index (κ2) is 8.28. The first-order chi connectivity index (χ1) is 11.8. The maximum Gasteiger partial charge on any atom is 0.0827 e. The van der Waals surface area contributed by atoms with Gasteiger partial charge in [-0.15, -0.1) is 0 Å². The predicted octanol–water partition coefficient (Wildman–Crippen LogP) is 7.06. The Morgan fingerprint density at radius 3 is 2.00 bits per heavy atom. The van der Waals surface area contributed by atoms with Gasteiger partial charge in [0.05, 0.1) is 6.33 Å². The van der Waals surface area contributed by atoms with E-state index in [9.17, 15) is 4.39 Å². The van der Waals surface area contributed by atoms with Crippen LogP contribution in [-0.2, 0) is 6.42 Å². The van der Waals surface area contributed by atoms with Crippen molar-refractivity contribution in [1.29, 1.82) is 0 Å². The Morgan fingerprint density at radius 1 is 0.875 bits per heavy atom. The van der Waals surface area contributed by atoms with Gasteiger partial charge in [0.2, 0.25) is 0 Å². The van der Waals surface area contributed by atoms with Crippen LogP contribution in [0, 0.1) is 5.92 Å². The van der Waals surface area contributed by atoms with Gasteiger partial charge in [-0.05, 0) is 72.6 Å². The van der Waals surface area contributed by atoms with Gasteiger partial charge in [0, 0.05) is 0 Å². The third-order valence-corrected chi connectivity index (χ3v) is 5.48. The van der Waals surface area contributed by atoms with E-state index in [4.69, 9.17) is 0 Å². The third kappa shape index (κ3) is 4.14. The van der Waals surface area contributed by atoms with E-state index in [2.05, 4.69) is 55.5 Å². The van der Waals surface area contributed by atoms with Gasteiger partial charge in [-0.25, -0.2) is 4.39 Å². The van der Waals surface area contributed by atoms with Crippen LogP contribution in [0.2, 0.25) is 0 Å². The summed E-state index contributed by atoms with van der Waals surface area (Å²) in [6.07, 6.45) is 9.25. The molecule has 1 aliphatic rings. The minimum atomic E-state index is 0.671. The van der Waals surface area contributed by atoms with Gasteiger partial charge in [0.25, 0.3) is 0 Å². The van der Waals surface area contributed by atoms with E-state index >= 15 is 0 Å². The molecule has 1 aliphatic carbocycles. The highest BCUT2D eigenvalue weighted by Crippen LogP contribution is 2.37. The summed E-state index contributed by atoms with van der Waals surface area (Å²) in [7, 11) is 0. The van der Waals surface area contributed by atoms with Crippen LogP contribution >= 0.6 is 0 Å². The molecule has 3 rings (SSSR count). The molecule has 0 amide bonds. The van der Waals surface area contributed by atoms with Crippen molar-refractivity contribution < 1.29 is 4.39 Å². The topological polar surface area (TPSA) is 0 Å². The SMILES string of the molecule is CCc1ccc(-c2ccc(C3CCC(C/C=C/F)CC3)cc2)cc1. The van der Waals surface area contributed by atoms with Crippen molar-refractivity contribution in [1.82, 2.24) is 0 Å². The summed E-state index contributed by atoms with van der Waals surface area (Å²) in [4.78, 5) is 0. The average molecular weight is 322 g/mol. The van der Waals surface area contributed by atoms with E-state index in [0.717, 1.165) is 12.8 Å². The molecule has 0 spiro atoms. The maximum atomic E-state index is 12.1. The smallest absolute Gasteiger partial charge is 0.0827 e. The highest BCUT2D eigenvalue weighted by molar-refractivity contribution is 5.64. The van der Waals surface area contributed by atoms with Gasteiger partial charge >= 0.3 is 0 Å². The Morgan fingerprint density at radius 2 is 1.46 bits per heavy atom. The van der Waals surface area contributed by atoms with Crippen molar-refractivity contribution in [2.75, 3.05) is 0 Å². The monoisotopic (exact) mass is 322 g/mol. The van der Waals surface area contributed by atoms with Crippen LogP contribution < -0.4 is 0 Å². The summed E-state index contributed by atoms with van der Waals surface area (Å²) in [5, 5.41) is 0. The molecule has 1 heteroatoms. The second-order valence-corrected chi connectivity index (χ2v) is 6.99. The molecule has 0 nitrogen and oxygen atoms in total. The predicted molar refractivity (Wildman–Crippen MR) is 101 cm³/mol. The normalized spacial score (nSPS) is 21.2. The van der Waals surface area contributed by atoms with Gasteiger partial charge in [-0.3, -0.25) is 0 Å². The van der Waals surface area contributed by atoms with Crippen LogP contribution in [0.4, 0.5) is 4.39 Å². The lowest BCUT2D eigenvalue weighted by atomic mass is 9.77. The van der Waals surface area contributed by atoms with E-state index in [-0.39, 0.29) is 0 Å². The third-order valence-electron chi connectivity index (χ3n) is 5.48. The number of halogens is 1. The fourth-order valence-electron chi connectivity index (χ4n) is 3.86. The molecule has 0 radical (unpaired) electrons. The first-order valence-corrected chi connectivity index (χ1v) is 9.24. The number of benzene rings is 2. The Bertz CT molecular complexity index is 643. The number of hydrogen-bond acceptors (Lipinski definition) is 0. The van der Waals surface area contributed by atoms with Gasteiger partial charge in [0.15, 0.2) is 0 Å². The zero-order valence-electron chi connectivity index (χ0n) is 14.5. The molecule has 2 aromatic rings. The zero-order valence-corrected chi connectivity index (χ0v) is 14.5. The molecule has 126 valence electrons. The van der Waals surface area contributed by atoms with Crippen molar-refractivity contribution in [3.63, 3.8) is 0 Å². The molecule has 0 N–H and O–H groups in total. The molecule has 0 aliphatic heterocycles. The Balaban J connectivity index is 1.62. The van der Waals surface area contributed by atoms with Crippen LogP contribution in [0.1, 0.15) is 56.1 Å². The van der Waals surface area contributed by atoms with E-state index in [1.54, 1.807) is 6.08 Å². The molecular weight excluding hydrogens is 295 g/mol. The van der Waals surface area contributed by atoms with E-state index < -0.39 is 0 Å².